The molecule has 0 fully saturated rings. The van der Waals surface area contributed by atoms with Crippen molar-refractivity contribution < 1.29 is 38.4 Å². The summed E-state index contributed by atoms with van der Waals surface area (Å²) in [5.74, 6) is 2.12. The minimum absolute atomic E-state index is 0.215. The van der Waals surface area contributed by atoms with Crippen LogP contribution in [0.3, 0.4) is 0 Å². The third-order valence-corrected chi connectivity index (χ3v) is 25.7. The summed E-state index contributed by atoms with van der Waals surface area (Å²) in [7, 11) is -9.79. The zero-order valence-corrected chi connectivity index (χ0v) is 78.8. The fourth-order valence-corrected chi connectivity index (χ4v) is 16.9. The summed E-state index contributed by atoms with van der Waals surface area (Å²) in [6, 6.07) is 82.8. The maximum absolute atomic E-state index is 14.3. The molecule has 20 aromatic rings. The summed E-state index contributed by atoms with van der Waals surface area (Å²) < 4.78 is 123. The number of para-hydroxylation sites is 2. The molecular formula is C94H69Br3Cl3F3N20O6S3. The lowest BCUT2D eigenvalue weighted by atomic mass is 10.1. The van der Waals surface area contributed by atoms with Gasteiger partial charge in [0.25, 0.3) is 0 Å². The highest BCUT2D eigenvalue weighted by Gasteiger charge is 2.22. The van der Waals surface area contributed by atoms with Crippen molar-refractivity contribution in [2.75, 3.05) is 45.4 Å². The summed E-state index contributed by atoms with van der Waals surface area (Å²) in [5.41, 5.74) is 13.8. The number of halogens is 9. The van der Waals surface area contributed by atoms with E-state index in [-0.39, 0.29) is 26.3 Å². The molecule has 10 aromatic heterocycles. The Kier molecular flexibility index (Phi) is 27.4. The molecule has 10 heterocycles. The third kappa shape index (κ3) is 21.3. The van der Waals surface area contributed by atoms with Crippen LogP contribution in [0.5, 0.6) is 0 Å². The molecule has 0 radical (unpaired) electrons. The maximum atomic E-state index is 14.3. The first kappa shape index (κ1) is 91.6. The maximum Gasteiger partial charge on any atom is 0.176 e. The van der Waals surface area contributed by atoms with E-state index in [4.69, 9.17) is 44.8 Å². The first-order valence-electron chi connectivity index (χ1n) is 39.5. The summed E-state index contributed by atoms with van der Waals surface area (Å²) in [5, 5.41) is 39.2. The van der Waals surface area contributed by atoms with Gasteiger partial charge in [0, 0.05) is 110 Å². The Bertz CT molecular complexity index is 7710. The molecule has 0 spiro atoms. The number of sulfone groups is 3. The van der Waals surface area contributed by atoms with Crippen LogP contribution >= 0.6 is 82.6 Å². The van der Waals surface area contributed by atoms with E-state index in [1.807, 2.05) is 122 Å². The summed E-state index contributed by atoms with van der Waals surface area (Å²) in [6.45, 7) is 2.04. The van der Waals surface area contributed by atoms with Gasteiger partial charge in [-0.25, -0.2) is 63.3 Å². The third-order valence-electron chi connectivity index (χ3n) is 19.8. The summed E-state index contributed by atoms with van der Waals surface area (Å²) >= 11 is 29.1. The van der Waals surface area contributed by atoms with Crippen LogP contribution in [-0.4, -0.2) is 117 Å². The van der Waals surface area contributed by atoms with Crippen LogP contribution in [-0.2, 0) is 29.5 Å². The second-order valence-corrected chi connectivity index (χ2v) is 39.1. The van der Waals surface area contributed by atoms with E-state index in [1.54, 1.807) is 158 Å². The SMILES string of the molecule is CS(=O)(=O)c1ccc(Nc2cc(-c3ccccc3F)nc3c(Br)cnn23)cc1.CS(=O)(=O)c1ccc(Nc2cc(-c3ccccc3F)nc3c(Cl)cnn23)cc1.Cc1cccc(-c2cc(Nc3ccc(S(C)(=O)=O)cc3)n3ncc(Br)c3n2)c1.Clc1ccccc1-c1cc(Nc2ccccc2)n2ncc(Br)c2n1.Fc1ccccc1-c1cc(Nc2ccccc2)n2ncc(Cl)c2n1. The van der Waals surface area contributed by atoms with Gasteiger partial charge in [-0.3, -0.25) is 0 Å². The lowest BCUT2D eigenvalue weighted by Crippen LogP contribution is -2.03. The number of nitrogens with zero attached hydrogens (tertiary/aromatic N) is 15. The van der Waals surface area contributed by atoms with Gasteiger partial charge in [-0.05, 0) is 200 Å². The number of hydrogen-bond donors (Lipinski definition) is 5. The molecule has 662 valence electrons. The monoisotopic (exact) mass is 2070 g/mol. The average Bonchev–Trinajstić information content (AvgIpc) is 1.61. The van der Waals surface area contributed by atoms with Crippen molar-refractivity contribution in [3.8, 4) is 56.3 Å². The molecule has 0 saturated carbocycles. The number of nitrogens with one attached hydrogen (secondary N) is 5. The Morgan fingerprint density at radius 1 is 0.280 bits per heavy atom. The Balaban J connectivity index is 0.000000121. The highest BCUT2D eigenvalue weighted by Crippen LogP contribution is 2.37. The van der Waals surface area contributed by atoms with Crippen molar-refractivity contribution in [2.24, 2.45) is 0 Å². The second-order valence-electron chi connectivity index (χ2n) is 29.3. The van der Waals surface area contributed by atoms with Crippen molar-refractivity contribution >= 4 is 198 Å². The van der Waals surface area contributed by atoms with Crippen LogP contribution in [0.15, 0.2) is 344 Å². The largest absolute Gasteiger partial charge is 0.340 e. The smallest absolute Gasteiger partial charge is 0.176 e. The molecule has 0 amide bonds. The Hall–Kier alpha value is -13.8. The summed E-state index contributed by atoms with van der Waals surface area (Å²) in [6.07, 6.45) is 11.5. The summed E-state index contributed by atoms with van der Waals surface area (Å²) in [4.78, 5) is 23.5. The van der Waals surface area contributed by atoms with E-state index in [2.05, 4.69) is 121 Å². The fraction of sp³-hybridized carbons (Fsp3) is 0.0426. The predicted octanol–water partition coefficient (Wildman–Crippen LogP) is 23.9. The quantitative estimate of drug-likeness (QED) is 0.0533. The zero-order chi connectivity index (χ0) is 92.7. The molecule has 0 saturated heterocycles. The van der Waals surface area contributed by atoms with Gasteiger partial charge in [0.1, 0.15) is 56.6 Å². The molecule has 0 aliphatic carbocycles. The van der Waals surface area contributed by atoms with Crippen LogP contribution in [0, 0.1) is 24.4 Å². The van der Waals surface area contributed by atoms with E-state index >= 15 is 0 Å². The predicted molar refractivity (Wildman–Crippen MR) is 523 cm³/mol. The van der Waals surface area contributed by atoms with E-state index in [0.717, 1.165) is 83.9 Å². The number of hydrogen-bond acceptors (Lipinski definition) is 21. The molecule has 10 aromatic carbocycles. The zero-order valence-electron chi connectivity index (χ0n) is 69.3. The Morgan fingerprint density at radius 2 is 0.545 bits per heavy atom. The van der Waals surface area contributed by atoms with Gasteiger partial charge in [0.15, 0.2) is 57.7 Å². The number of rotatable bonds is 18. The van der Waals surface area contributed by atoms with E-state index in [0.29, 0.717) is 105 Å². The lowest BCUT2D eigenvalue weighted by molar-refractivity contribution is 0.600. The van der Waals surface area contributed by atoms with Crippen LogP contribution in [0.2, 0.25) is 15.1 Å². The van der Waals surface area contributed by atoms with Crippen LogP contribution in [0.25, 0.3) is 84.5 Å². The second kappa shape index (κ2) is 39.5. The Morgan fingerprint density at radius 3 is 0.864 bits per heavy atom. The fourth-order valence-electron chi connectivity index (χ4n) is 13.4. The Labute approximate surface area is 793 Å². The molecule has 0 aliphatic rings. The molecule has 5 N–H and O–H groups in total. The molecule has 0 atom stereocenters. The number of aryl methyl sites for hydroxylation is 1. The van der Waals surface area contributed by atoms with Crippen molar-refractivity contribution in [2.45, 2.75) is 21.6 Å². The van der Waals surface area contributed by atoms with Crippen molar-refractivity contribution in [3.63, 3.8) is 0 Å². The average molecular weight is 2070 g/mol. The molecule has 0 unspecified atom stereocenters. The van der Waals surface area contributed by atoms with E-state index in [9.17, 15) is 38.4 Å². The van der Waals surface area contributed by atoms with Gasteiger partial charge in [-0.2, -0.15) is 48.1 Å². The lowest BCUT2D eigenvalue weighted by Gasteiger charge is -2.12. The number of aromatic nitrogens is 15. The minimum Gasteiger partial charge on any atom is -0.340 e. The van der Waals surface area contributed by atoms with Crippen LogP contribution < -0.4 is 26.6 Å². The van der Waals surface area contributed by atoms with Crippen molar-refractivity contribution in [1.82, 2.24) is 73.0 Å². The molecule has 20 rings (SSSR count). The van der Waals surface area contributed by atoms with Crippen molar-refractivity contribution in [1.29, 1.82) is 0 Å². The first-order valence-corrected chi connectivity index (χ1v) is 48.7. The number of benzene rings is 10. The van der Waals surface area contributed by atoms with Gasteiger partial charge in [-0.15, -0.1) is 0 Å². The molecule has 0 bridgehead atoms. The van der Waals surface area contributed by atoms with Crippen LogP contribution in [0.1, 0.15) is 5.56 Å². The van der Waals surface area contributed by atoms with Gasteiger partial charge < -0.3 is 26.6 Å². The van der Waals surface area contributed by atoms with Gasteiger partial charge in [-0.1, -0.05) is 150 Å². The molecular weight excluding hydrogens is 2000 g/mol. The highest BCUT2D eigenvalue weighted by atomic mass is 79.9. The normalized spacial score (nSPS) is 11.4. The minimum atomic E-state index is -3.29. The molecule has 132 heavy (non-hydrogen) atoms. The highest BCUT2D eigenvalue weighted by molar-refractivity contribution is 9.11. The molecule has 26 nitrogen and oxygen atoms in total. The standard InChI is InChI=1S/C20H17BrN4O2S.C19H14BrFN4O2S.C19H14ClFN4O2S.C18H12BrClN4.C18H12ClFN4/c1-13-4-3-5-14(10-13)18-11-19(25-20(24-18)17(21)12-22-25)23-15-6-8-16(9-7-15)28(2,26)27;2*1-28(26,27)13-8-6-12(7-9-13)23-18-10-17(14-4-2-3-5-16(14)21)24-19-15(20)11-22-25(18)19;2*19-14-11-21-24-17(22-12-6-2-1-3-7-12)10-16(23-18(14)24)13-8-4-5-9-15(13)20/h3-12,23H,1-2H3;2*2-11,23H,1H3;2*1-11,22H. The number of fused-ring (bicyclic) bond motifs is 5. The van der Waals surface area contributed by atoms with E-state index < -0.39 is 35.3 Å². The van der Waals surface area contributed by atoms with Gasteiger partial charge in [0.05, 0.1) is 87.6 Å². The number of anilines is 10. The van der Waals surface area contributed by atoms with Crippen molar-refractivity contribution in [3.05, 3.63) is 368 Å². The van der Waals surface area contributed by atoms with Gasteiger partial charge in [0.2, 0.25) is 0 Å². The topological polar surface area (TPSA) is 314 Å². The van der Waals surface area contributed by atoms with Gasteiger partial charge >= 0.3 is 0 Å². The van der Waals surface area contributed by atoms with E-state index in [1.165, 1.54) is 65.6 Å². The van der Waals surface area contributed by atoms with Crippen LogP contribution in [0.4, 0.5) is 70.7 Å². The molecule has 38 heteroatoms. The first-order chi connectivity index (χ1) is 63.4. The molecule has 0 aliphatic heterocycles.